The molecule has 1 rings (SSSR count). The topological polar surface area (TPSA) is 68.6 Å². The van der Waals surface area contributed by atoms with Crippen molar-refractivity contribution >= 4 is 5.97 Å². The molecule has 0 aliphatic heterocycles. The molecule has 5 heteroatoms. The molecule has 0 aromatic heterocycles. The van der Waals surface area contributed by atoms with E-state index >= 15 is 0 Å². The Kier molecular flexibility index (Phi) is 5.85. The molecule has 0 saturated heterocycles. The van der Waals surface area contributed by atoms with Crippen molar-refractivity contribution in [1.29, 1.82) is 5.26 Å². The summed E-state index contributed by atoms with van der Waals surface area (Å²) in [6, 6.07) is 9.10. The number of nitriles is 1. The summed E-state index contributed by atoms with van der Waals surface area (Å²) in [6.07, 6.45) is 0.272. The maximum atomic E-state index is 11.7. The van der Waals surface area contributed by atoms with Crippen LogP contribution in [0.1, 0.15) is 20.3 Å². The van der Waals surface area contributed by atoms with E-state index in [0.717, 1.165) is 5.75 Å². The van der Waals surface area contributed by atoms with Gasteiger partial charge in [-0.15, -0.1) is 0 Å². The van der Waals surface area contributed by atoms with Crippen LogP contribution in [-0.2, 0) is 9.53 Å². The molecule has 1 unspecified atom stereocenters. The zero-order valence-electron chi connectivity index (χ0n) is 12.0. The van der Waals surface area contributed by atoms with Crippen molar-refractivity contribution in [2.45, 2.75) is 20.3 Å². The average molecular weight is 277 g/mol. The van der Waals surface area contributed by atoms with E-state index in [1.54, 1.807) is 45.2 Å². The molecule has 0 saturated carbocycles. The minimum absolute atomic E-state index is 0.259. The molecule has 0 spiro atoms. The normalized spacial score (nSPS) is 12.9. The van der Waals surface area contributed by atoms with Crippen LogP contribution in [0.3, 0.4) is 0 Å². The third-order valence-electron chi connectivity index (χ3n) is 2.90. The summed E-state index contributed by atoms with van der Waals surface area (Å²) in [5.41, 5.74) is -1.18. The highest BCUT2D eigenvalue weighted by Gasteiger charge is 2.34. The Morgan fingerprint density at radius 2 is 1.90 bits per heavy atom. The lowest BCUT2D eigenvalue weighted by Gasteiger charge is -2.19. The van der Waals surface area contributed by atoms with Crippen molar-refractivity contribution < 1.29 is 19.0 Å². The number of hydrogen-bond acceptors (Lipinski definition) is 5. The first-order valence-corrected chi connectivity index (χ1v) is 6.41. The Labute approximate surface area is 119 Å². The fraction of sp³-hybridized carbons (Fsp3) is 0.467. The molecule has 108 valence electrons. The van der Waals surface area contributed by atoms with Crippen LogP contribution in [0.2, 0.25) is 0 Å². The second kappa shape index (κ2) is 7.39. The number of ether oxygens (including phenoxy) is 3. The highest BCUT2D eigenvalue weighted by molar-refractivity contribution is 5.79. The van der Waals surface area contributed by atoms with Gasteiger partial charge >= 0.3 is 5.97 Å². The van der Waals surface area contributed by atoms with E-state index in [-0.39, 0.29) is 19.6 Å². The molecule has 1 aromatic carbocycles. The summed E-state index contributed by atoms with van der Waals surface area (Å²) in [4.78, 5) is 11.7. The first kappa shape index (κ1) is 15.8. The monoisotopic (exact) mass is 277 g/mol. The molecule has 5 nitrogen and oxygen atoms in total. The van der Waals surface area contributed by atoms with Crippen LogP contribution < -0.4 is 9.47 Å². The molecule has 0 fully saturated rings. The second-order valence-electron chi connectivity index (χ2n) is 4.44. The van der Waals surface area contributed by atoms with E-state index in [1.807, 2.05) is 6.07 Å². The molecule has 0 aliphatic rings. The zero-order valence-corrected chi connectivity index (χ0v) is 12.0. The largest absolute Gasteiger partial charge is 0.497 e. The van der Waals surface area contributed by atoms with E-state index in [4.69, 9.17) is 19.5 Å². The van der Waals surface area contributed by atoms with Crippen molar-refractivity contribution in [2.75, 3.05) is 20.3 Å². The molecule has 1 aromatic rings. The van der Waals surface area contributed by atoms with Gasteiger partial charge in [-0.2, -0.15) is 5.26 Å². The average Bonchev–Trinajstić information content (AvgIpc) is 2.48. The summed E-state index contributed by atoms with van der Waals surface area (Å²) >= 11 is 0. The van der Waals surface area contributed by atoms with Gasteiger partial charge in [0.2, 0.25) is 0 Å². The first-order valence-electron chi connectivity index (χ1n) is 6.41. The molecule has 0 heterocycles. The van der Waals surface area contributed by atoms with Crippen LogP contribution in [0.25, 0.3) is 0 Å². The van der Waals surface area contributed by atoms with Gasteiger partial charge in [0, 0.05) is 6.42 Å². The summed E-state index contributed by atoms with van der Waals surface area (Å²) < 4.78 is 15.5. The van der Waals surface area contributed by atoms with Crippen LogP contribution >= 0.6 is 0 Å². The highest BCUT2D eigenvalue weighted by Crippen LogP contribution is 2.23. The molecule has 0 N–H and O–H groups in total. The number of carbonyl (C=O) groups is 1. The van der Waals surface area contributed by atoms with Gasteiger partial charge in [0.25, 0.3) is 0 Å². The van der Waals surface area contributed by atoms with Crippen LogP contribution in [0.4, 0.5) is 0 Å². The zero-order chi connectivity index (χ0) is 15.0. The maximum absolute atomic E-state index is 11.7. The van der Waals surface area contributed by atoms with Gasteiger partial charge in [-0.25, -0.2) is 0 Å². The highest BCUT2D eigenvalue weighted by atomic mass is 16.5. The number of nitrogens with zero attached hydrogens (tertiary/aromatic N) is 1. The fourth-order valence-electron chi connectivity index (χ4n) is 1.54. The van der Waals surface area contributed by atoms with Gasteiger partial charge < -0.3 is 14.2 Å². The van der Waals surface area contributed by atoms with Crippen LogP contribution in [-0.4, -0.2) is 26.3 Å². The van der Waals surface area contributed by atoms with E-state index in [0.29, 0.717) is 5.75 Å². The van der Waals surface area contributed by atoms with Crippen molar-refractivity contribution in [2.24, 2.45) is 5.41 Å². The lowest BCUT2D eigenvalue weighted by molar-refractivity contribution is -0.151. The molecule has 0 bridgehead atoms. The van der Waals surface area contributed by atoms with E-state index in [1.165, 1.54) is 0 Å². The Balaban J connectivity index is 2.52. The van der Waals surface area contributed by atoms with E-state index < -0.39 is 11.4 Å². The van der Waals surface area contributed by atoms with Gasteiger partial charge in [0.05, 0.1) is 26.4 Å². The molecule has 1 atom stereocenters. The number of esters is 1. The molecular formula is C15H19NO4. The predicted molar refractivity (Wildman–Crippen MR) is 73.5 cm³/mol. The molecule has 0 radical (unpaired) electrons. The molecule has 0 aliphatic carbocycles. The summed E-state index contributed by atoms with van der Waals surface area (Å²) in [5, 5.41) is 9.12. The predicted octanol–water partition coefficient (Wildman–Crippen LogP) is 2.56. The second-order valence-corrected chi connectivity index (χ2v) is 4.44. The number of hydrogen-bond donors (Lipinski definition) is 0. The third-order valence-corrected chi connectivity index (χ3v) is 2.90. The Hall–Kier alpha value is -2.22. The van der Waals surface area contributed by atoms with Gasteiger partial charge in [0.15, 0.2) is 5.41 Å². The first-order chi connectivity index (χ1) is 9.55. The number of carbonyl (C=O) groups excluding carboxylic acids is 1. The molecule has 20 heavy (non-hydrogen) atoms. The number of rotatable bonds is 7. The van der Waals surface area contributed by atoms with Crippen LogP contribution in [0, 0.1) is 16.7 Å². The van der Waals surface area contributed by atoms with E-state index in [9.17, 15) is 4.79 Å². The van der Waals surface area contributed by atoms with Gasteiger partial charge in [-0.1, -0.05) is 0 Å². The summed E-state index contributed by atoms with van der Waals surface area (Å²) in [5.74, 6) is 0.890. The third kappa shape index (κ3) is 4.16. The minimum Gasteiger partial charge on any atom is -0.497 e. The Morgan fingerprint density at radius 1 is 1.30 bits per heavy atom. The minimum atomic E-state index is -1.18. The number of methoxy groups -OCH3 is 1. The fourth-order valence-corrected chi connectivity index (χ4v) is 1.54. The lowest BCUT2D eigenvalue weighted by Crippen LogP contribution is -2.30. The lowest BCUT2D eigenvalue weighted by atomic mass is 9.89. The maximum Gasteiger partial charge on any atom is 0.326 e. The van der Waals surface area contributed by atoms with Crippen molar-refractivity contribution in [3.63, 3.8) is 0 Å². The molecular weight excluding hydrogens is 258 g/mol. The van der Waals surface area contributed by atoms with Gasteiger partial charge in [-0.3, -0.25) is 4.79 Å². The summed E-state index contributed by atoms with van der Waals surface area (Å²) in [6.45, 7) is 3.79. The quantitative estimate of drug-likeness (QED) is 0.716. The Bertz CT molecular complexity index is 478. The standard InChI is InChI=1S/C15H19NO4/c1-4-19-14(17)15(2,11-16)9-10-20-13-7-5-12(18-3)6-8-13/h5-8H,4,9-10H2,1-3H3. The molecule has 0 amide bonds. The summed E-state index contributed by atoms with van der Waals surface area (Å²) in [7, 11) is 1.59. The SMILES string of the molecule is CCOC(=O)C(C)(C#N)CCOc1ccc(OC)cc1. The van der Waals surface area contributed by atoms with E-state index in [2.05, 4.69) is 0 Å². The van der Waals surface area contributed by atoms with Crippen molar-refractivity contribution in [3.05, 3.63) is 24.3 Å². The number of benzene rings is 1. The smallest absolute Gasteiger partial charge is 0.326 e. The van der Waals surface area contributed by atoms with Gasteiger partial charge in [0.1, 0.15) is 11.5 Å². The van der Waals surface area contributed by atoms with Gasteiger partial charge in [-0.05, 0) is 38.1 Å². The van der Waals surface area contributed by atoms with Crippen molar-refractivity contribution in [1.82, 2.24) is 0 Å². The van der Waals surface area contributed by atoms with Crippen LogP contribution in [0.15, 0.2) is 24.3 Å². The Morgan fingerprint density at radius 3 is 2.40 bits per heavy atom. The van der Waals surface area contributed by atoms with Crippen LogP contribution in [0.5, 0.6) is 11.5 Å². The van der Waals surface area contributed by atoms with Crippen molar-refractivity contribution in [3.8, 4) is 17.6 Å².